The van der Waals surface area contributed by atoms with Gasteiger partial charge in [-0.25, -0.2) is 4.79 Å². The van der Waals surface area contributed by atoms with Crippen LogP contribution in [0.15, 0.2) is 18.2 Å². The lowest BCUT2D eigenvalue weighted by Crippen LogP contribution is -2.41. The maximum Gasteiger partial charge on any atom is 0.496 e. The smallest absolute Gasteiger partial charge is 0.462 e. The molecule has 0 spiro atoms. The summed E-state index contributed by atoms with van der Waals surface area (Å²) in [5.41, 5.74) is 6.80. The number of nitrogen functional groups attached to an aromatic ring is 1. The largest absolute Gasteiger partial charge is 0.496 e. The third-order valence-electron chi connectivity index (χ3n) is 4.11. The Morgan fingerprint density at radius 3 is 2.29 bits per heavy atom. The molecule has 21 heavy (non-hydrogen) atoms. The maximum atomic E-state index is 11.7. The molecule has 1 aliphatic rings. The molecule has 0 aromatic heterocycles. The summed E-state index contributed by atoms with van der Waals surface area (Å²) in [7, 11) is -0.536. The van der Waals surface area contributed by atoms with Gasteiger partial charge in [-0.2, -0.15) is 0 Å². The minimum atomic E-state index is -0.536. The third kappa shape index (κ3) is 2.92. The number of nitrogens with two attached hydrogens (primary N) is 1. The van der Waals surface area contributed by atoms with E-state index < -0.39 is 18.3 Å². The highest BCUT2D eigenvalue weighted by Crippen LogP contribution is 2.36. The van der Waals surface area contributed by atoms with E-state index in [0.717, 1.165) is 5.46 Å². The lowest BCUT2D eigenvalue weighted by atomic mass is 9.77. The molecule has 2 rings (SSSR count). The van der Waals surface area contributed by atoms with Crippen molar-refractivity contribution >= 4 is 24.2 Å². The number of esters is 1. The molecule has 1 aromatic carbocycles. The van der Waals surface area contributed by atoms with Gasteiger partial charge in [0.2, 0.25) is 0 Å². The predicted molar refractivity (Wildman–Crippen MR) is 82.5 cm³/mol. The Morgan fingerprint density at radius 2 is 1.81 bits per heavy atom. The summed E-state index contributed by atoms with van der Waals surface area (Å²) in [6.45, 7) is 10.0. The Hall–Kier alpha value is -1.53. The molecule has 1 saturated heterocycles. The first-order chi connectivity index (χ1) is 9.68. The molecular weight excluding hydrogens is 269 g/mol. The predicted octanol–water partition coefficient (Wildman–Crippen LogP) is 1.74. The number of hydrogen-bond acceptors (Lipinski definition) is 5. The van der Waals surface area contributed by atoms with Crippen molar-refractivity contribution in [3.05, 3.63) is 23.8 Å². The van der Waals surface area contributed by atoms with Gasteiger partial charge >= 0.3 is 13.1 Å². The SMILES string of the molecule is CCOC(=O)c1ccc(B2OC(C)(C)C(C)(C)O2)c(N)c1. The molecular formula is C15H22BNO4. The van der Waals surface area contributed by atoms with Crippen LogP contribution in [-0.2, 0) is 14.0 Å². The van der Waals surface area contributed by atoms with E-state index in [1.807, 2.05) is 27.7 Å². The molecule has 0 amide bonds. The van der Waals surface area contributed by atoms with Crippen LogP contribution in [0.25, 0.3) is 0 Å². The molecule has 0 radical (unpaired) electrons. The van der Waals surface area contributed by atoms with E-state index >= 15 is 0 Å². The highest BCUT2D eigenvalue weighted by molar-refractivity contribution is 6.63. The quantitative estimate of drug-likeness (QED) is 0.522. The zero-order valence-electron chi connectivity index (χ0n) is 13.2. The number of hydrogen-bond donors (Lipinski definition) is 1. The van der Waals surface area contributed by atoms with Crippen LogP contribution in [0.4, 0.5) is 5.69 Å². The normalized spacial score (nSPS) is 19.6. The molecule has 0 atom stereocenters. The van der Waals surface area contributed by atoms with Gasteiger partial charge in [0.15, 0.2) is 0 Å². The Morgan fingerprint density at radius 1 is 1.24 bits per heavy atom. The molecule has 6 heteroatoms. The molecule has 1 aliphatic heterocycles. The number of ether oxygens (including phenoxy) is 1. The monoisotopic (exact) mass is 291 g/mol. The number of benzene rings is 1. The Bertz CT molecular complexity index is 541. The first-order valence-electron chi connectivity index (χ1n) is 7.10. The van der Waals surface area contributed by atoms with Gasteiger partial charge < -0.3 is 19.8 Å². The molecule has 114 valence electrons. The van der Waals surface area contributed by atoms with E-state index in [0.29, 0.717) is 17.9 Å². The number of carbonyl (C=O) groups excluding carboxylic acids is 1. The fraction of sp³-hybridized carbons (Fsp3) is 0.533. The fourth-order valence-electron chi connectivity index (χ4n) is 2.10. The number of rotatable bonds is 3. The van der Waals surface area contributed by atoms with Crippen molar-refractivity contribution in [2.75, 3.05) is 12.3 Å². The van der Waals surface area contributed by atoms with Crippen LogP contribution < -0.4 is 11.2 Å². The van der Waals surface area contributed by atoms with Crippen LogP contribution in [0.1, 0.15) is 45.0 Å². The van der Waals surface area contributed by atoms with Crippen LogP contribution in [0.2, 0.25) is 0 Å². The van der Waals surface area contributed by atoms with Gasteiger partial charge in [0.1, 0.15) is 0 Å². The molecule has 1 heterocycles. The average molecular weight is 291 g/mol. The summed E-state index contributed by atoms with van der Waals surface area (Å²) in [4.78, 5) is 11.7. The summed E-state index contributed by atoms with van der Waals surface area (Å²) < 4.78 is 16.9. The van der Waals surface area contributed by atoms with E-state index in [4.69, 9.17) is 19.8 Å². The lowest BCUT2D eigenvalue weighted by Gasteiger charge is -2.32. The van der Waals surface area contributed by atoms with E-state index in [-0.39, 0.29) is 5.97 Å². The second-order valence-electron chi connectivity index (χ2n) is 6.15. The number of carbonyl (C=O) groups is 1. The van der Waals surface area contributed by atoms with Crippen LogP contribution >= 0.6 is 0 Å². The van der Waals surface area contributed by atoms with E-state index in [9.17, 15) is 4.79 Å². The Labute approximate surface area is 125 Å². The van der Waals surface area contributed by atoms with Gasteiger partial charge in [-0.15, -0.1) is 0 Å². The maximum absolute atomic E-state index is 11.7. The first kappa shape index (κ1) is 15.9. The summed E-state index contributed by atoms with van der Waals surface area (Å²) >= 11 is 0. The number of anilines is 1. The summed E-state index contributed by atoms with van der Waals surface area (Å²) in [6, 6.07) is 5.02. The van der Waals surface area contributed by atoms with Crippen molar-refractivity contribution < 1.29 is 18.8 Å². The van der Waals surface area contributed by atoms with Crippen molar-refractivity contribution in [1.29, 1.82) is 0 Å². The van der Waals surface area contributed by atoms with Gasteiger partial charge in [0.05, 0.1) is 23.4 Å². The van der Waals surface area contributed by atoms with Gasteiger partial charge in [-0.05, 0) is 46.8 Å². The zero-order chi connectivity index (χ0) is 15.8. The molecule has 5 nitrogen and oxygen atoms in total. The van der Waals surface area contributed by atoms with Crippen molar-refractivity contribution in [1.82, 2.24) is 0 Å². The molecule has 1 fully saturated rings. The molecule has 0 unspecified atom stereocenters. The van der Waals surface area contributed by atoms with Crippen LogP contribution in [0.5, 0.6) is 0 Å². The molecule has 0 bridgehead atoms. The van der Waals surface area contributed by atoms with E-state index in [1.54, 1.807) is 25.1 Å². The minimum absolute atomic E-state index is 0.331. The first-order valence-corrected chi connectivity index (χ1v) is 7.10. The van der Waals surface area contributed by atoms with Crippen LogP contribution in [0, 0.1) is 0 Å². The third-order valence-corrected chi connectivity index (χ3v) is 4.11. The van der Waals surface area contributed by atoms with Crippen molar-refractivity contribution in [3.63, 3.8) is 0 Å². The summed E-state index contributed by atoms with van der Waals surface area (Å²) in [5.74, 6) is -0.385. The fourth-order valence-corrected chi connectivity index (χ4v) is 2.10. The van der Waals surface area contributed by atoms with Gasteiger partial charge in [0, 0.05) is 11.2 Å². The van der Waals surface area contributed by atoms with Crippen molar-refractivity contribution in [2.24, 2.45) is 0 Å². The van der Waals surface area contributed by atoms with Gasteiger partial charge in [0.25, 0.3) is 0 Å². The second kappa shape index (κ2) is 5.35. The highest BCUT2D eigenvalue weighted by atomic mass is 16.7. The van der Waals surface area contributed by atoms with Gasteiger partial charge in [-0.3, -0.25) is 0 Å². The Kier molecular flexibility index (Phi) is 4.04. The van der Waals surface area contributed by atoms with Gasteiger partial charge in [-0.1, -0.05) is 6.07 Å². The Balaban J connectivity index is 2.25. The van der Waals surface area contributed by atoms with Crippen LogP contribution in [0.3, 0.4) is 0 Å². The van der Waals surface area contributed by atoms with E-state index in [1.165, 1.54) is 0 Å². The van der Waals surface area contributed by atoms with E-state index in [2.05, 4.69) is 0 Å². The minimum Gasteiger partial charge on any atom is -0.462 e. The average Bonchev–Trinajstić information content (AvgIpc) is 2.58. The topological polar surface area (TPSA) is 70.8 Å². The van der Waals surface area contributed by atoms with Crippen molar-refractivity contribution in [3.8, 4) is 0 Å². The molecule has 0 aliphatic carbocycles. The lowest BCUT2D eigenvalue weighted by molar-refractivity contribution is 0.00578. The summed E-state index contributed by atoms with van der Waals surface area (Å²) in [5, 5.41) is 0. The van der Waals surface area contributed by atoms with Crippen LogP contribution in [-0.4, -0.2) is 30.9 Å². The molecule has 2 N–H and O–H groups in total. The summed E-state index contributed by atoms with van der Waals surface area (Å²) in [6.07, 6.45) is 0. The molecule has 0 saturated carbocycles. The molecule has 1 aromatic rings. The zero-order valence-corrected chi connectivity index (χ0v) is 13.2. The standard InChI is InChI=1S/C15H22BNO4/c1-6-19-13(18)10-7-8-11(12(17)9-10)16-20-14(2,3)15(4,5)21-16/h7-9H,6,17H2,1-5H3. The van der Waals surface area contributed by atoms with Crippen molar-refractivity contribution in [2.45, 2.75) is 45.8 Å². The highest BCUT2D eigenvalue weighted by Gasteiger charge is 2.52. The second-order valence-corrected chi connectivity index (χ2v) is 6.15.